The number of carboxylic acids is 2. The highest BCUT2D eigenvalue weighted by Gasteiger charge is 2.00. The smallest absolute Gasteiger partial charge is 0.303 e. The van der Waals surface area contributed by atoms with Gasteiger partial charge in [0.25, 0.3) is 0 Å². The van der Waals surface area contributed by atoms with Crippen LogP contribution in [0, 0.1) is 9.56 Å². The molecule has 0 aromatic rings. The van der Waals surface area contributed by atoms with Gasteiger partial charge < -0.3 is 10.2 Å². The van der Waals surface area contributed by atoms with Crippen molar-refractivity contribution in [3.63, 3.8) is 0 Å². The van der Waals surface area contributed by atoms with E-state index in [1.807, 2.05) is 0 Å². The highest BCUT2D eigenvalue weighted by molar-refractivity contribution is 7.45. The standard InChI is InChI=1S/C4H6O4.2HNS/c5-3(6)1-2-4(7)8;2*1-2/h1-2H2,(H,5,6)(H,7,8);2*1H. The van der Waals surface area contributed by atoms with Crippen molar-refractivity contribution in [1.82, 2.24) is 0 Å². The summed E-state index contributed by atoms with van der Waals surface area (Å²) in [6.07, 6.45) is -0.593. The molecule has 6 nitrogen and oxygen atoms in total. The summed E-state index contributed by atoms with van der Waals surface area (Å²) in [4.78, 5) is 19.3. The van der Waals surface area contributed by atoms with E-state index >= 15 is 0 Å². The molecule has 0 aliphatic heterocycles. The van der Waals surface area contributed by atoms with Crippen molar-refractivity contribution in [2.24, 2.45) is 0 Å². The maximum Gasteiger partial charge on any atom is 0.303 e. The van der Waals surface area contributed by atoms with Gasteiger partial charge in [-0.1, -0.05) is 0 Å². The number of nitrogens with one attached hydrogen (secondary N) is 2. The molecule has 4 N–H and O–H groups in total. The van der Waals surface area contributed by atoms with Crippen LogP contribution in [0.25, 0.3) is 0 Å². The van der Waals surface area contributed by atoms with Crippen molar-refractivity contribution in [3.8, 4) is 0 Å². The van der Waals surface area contributed by atoms with Crippen LogP contribution in [-0.4, -0.2) is 22.2 Å². The molecule has 0 rings (SSSR count). The third kappa shape index (κ3) is 36.1. The zero-order chi connectivity index (χ0) is 10.6. The first kappa shape index (κ1) is 17.2. The summed E-state index contributed by atoms with van der Waals surface area (Å²) in [7, 11) is 0. The molecule has 0 spiro atoms. The van der Waals surface area contributed by atoms with Gasteiger partial charge in [-0.15, -0.1) is 0 Å². The number of rotatable bonds is 3. The van der Waals surface area contributed by atoms with Crippen LogP contribution in [0.4, 0.5) is 0 Å². The molecule has 8 heteroatoms. The minimum Gasteiger partial charge on any atom is -0.481 e. The van der Waals surface area contributed by atoms with E-state index in [0.29, 0.717) is 0 Å². The SMILES string of the molecule is N=S.N=S.O=C(O)CCC(=O)O. The van der Waals surface area contributed by atoms with E-state index in [9.17, 15) is 9.59 Å². The van der Waals surface area contributed by atoms with Gasteiger partial charge in [0, 0.05) is 24.9 Å². The van der Waals surface area contributed by atoms with E-state index in [0.717, 1.165) is 0 Å². The van der Waals surface area contributed by atoms with Crippen LogP contribution < -0.4 is 0 Å². The number of hydrogen-bond donors (Lipinski definition) is 4. The first-order valence-electron chi connectivity index (χ1n) is 2.47. The van der Waals surface area contributed by atoms with Crippen LogP contribution in [0.3, 0.4) is 0 Å². The molecule has 0 amide bonds. The lowest BCUT2D eigenvalue weighted by Gasteiger charge is -1.85. The molecule has 0 radical (unpaired) electrons. The van der Waals surface area contributed by atoms with E-state index in [1.165, 1.54) is 0 Å². The van der Waals surface area contributed by atoms with Crippen LogP contribution in [0.15, 0.2) is 0 Å². The van der Waals surface area contributed by atoms with Crippen molar-refractivity contribution >= 4 is 36.8 Å². The molecule has 0 fully saturated rings. The highest BCUT2D eigenvalue weighted by atomic mass is 32.1. The molecule has 0 bridgehead atoms. The minimum absolute atomic E-state index is 0.296. The van der Waals surface area contributed by atoms with E-state index in [4.69, 9.17) is 19.8 Å². The summed E-state index contributed by atoms with van der Waals surface area (Å²) >= 11 is 6.67. The van der Waals surface area contributed by atoms with Gasteiger partial charge in [0.2, 0.25) is 0 Å². The molecule has 0 unspecified atom stereocenters. The van der Waals surface area contributed by atoms with Gasteiger partial charge >= 0.3 is 11.9 Å². The van der Waals surface area contributed by atoms with Crippen LogP contribution >= 0.6 is 0 Å². The highest BCUT2D eigenvalue weighted by Crippen LogP contribution is 1.85. The molecule has 0 aliphatic carbocycles. The first-order valence-corrected chi connectivity index (χ1v) is 3.29. The molecule has 0 saturated heterocycles. The average Bonchev–Trinajstić information content (AvgIpc) is 2.08. The lowest BCUT2D eigenvalue weighted by atomic mass is 10.3. The third-order valence-electron chi connectivity index (χ3n) is 0.553. The van der Waals surface area contributed by atoms with Crippen LogP contribution in [0.2, 0.25) is 0 Å². The van der Waals surface area contributed by atoms with Crippen molar-refractivity contribution in [1.29, 1.82) is 9.56 Å². The van der Waals surface area contributed by atoms with Crippen molar-refractivity contribution in [2.45, 2.75) is 12.8 Å². The summed E-state index contributed by atoms with van der Waals surface area (Å²) in [6, 6.07) is 0. The molecular weight excluding hydrogens is 204 g/mol. The second-order valence-electron chi connectivity index (χ2n) is 1.29. The van der Waals surface area contributed by atoms with E-state index < -0.39 is 11.9 Å². The van der Waals surface area contributed by atoms with Gasteiger partial charge in [0.15, 0.2) is 0 Å². The maximum atomic E-state index is 9.64. The fourth-order valence-electron chi connectivity index (χ4n) is 0.214. The number of hydrogen-bond acceptors (Lipinski definition) is 6. The second-order valence-corrected chi connectivity index (χ2v) is 1.29. The van der Waals surface area contributed by atoms with Gasteiger partial charge in [-0.25, -0.2) is 9.56 Å². The van der Waals surface area contributed by atoms with Crippen LogP contribution in [0.5, 0.6) is 0 Å². The fraction of sp³-hybridized carbons (Fsp3) is 0.500. The summed E-state index contributed by atoms with van der Waals surface area (Å²) in [5.74, 6) is -2.15. The normalized spacial score (nSPS) is 6.33. The fourth-order valence-corrected chi connectivity index (χ4v) is 0.214. The molecule has 12 heavy (non-hydrogen) atoms. The summed E-state index contributed by atoms with van der Waals surface area (Å²) in [5.41, 5.74) is 0. The van der Waals surface area contributed by atoms with Crippen molar-refractivity contribution < 1.29 is 19.8 Å². The van der Waals surface area contributed by atoms with Crippen molar-refractivity contribution in [3.05, 3.63) is 0 Å². The Hall–Kier alpha value is -1.02. The van der Waals surface area contributed by atoms with Gasteiger partial charge in [0.05, 0.1) is 12.8 Å². The molecule has 0 saturated carbocycles. The van der Waals surface area contributed by atoms with Crippen LogP contribution in [-0.2, 0) is 34.4 Å². The van der Waals surface area contributed by atoms with E-state index in [2.05, 4.69) is 24.9 Å². The topological polar surface area (TPSA) is 122 Å². The minimum atomic E-state index is -1.08. The maximum absolute atomic E-state index is 9.64. The summed E-state index contributed by atoms with van der Waals surface area (Å²) in [6.45, 7) is 0. The largest absolute Gasteiger partial charge is 0.481 e. The molecule has 0 atom stereocenters. The van der Waals surface area contributed by atoms with Crippen molar-refractivity contribution in [2.75, 3.05) is 0 Å². The molecule has 0 aromatic heterocycles. The zero-order valence-electron chi connectivity index (χ0n) is 5.94. The number of aliphatic carboxylic acids is 2. The van der Waals surface area contributed by atoms with E-state index in [1.54, 1.807) is 0 Å². The Morgan fingerprint density at radius 3 is 1.17 bits per heavy atom. The summed E-state index contributed by atoms with van der Waals surface area (Å²) in [5, 5.41) is 15.8. The monoisotopic (exact) mass is 212 g/mol. The lowest BCUT2D eigenvalue weighted by Crippen LogP contribution is -2.00. The predicted molar refractivity (Wildman–Crippen MR) is 44.7 cm³/mol. The average molecular weight is 212 g/mol. The van der Waals surface area contributed by atoms with Gasteiger partial charge in [-0.3, -0.25) is 9.59 Å². The first-order chi connectivity index (χ1) is 5.63. The van der Waals surface area contributed by atoms with Gasteiger partial charge in [-0.2, -0.15) is 0 Å². The Morgan fingerprint density at radius 2 is 1.08 bits per heavy atom. The molecule has 0 aromatic carbocycles. The summed E-state index contributed by atoms with van der Waals surface area (Å²) < 4.78 is 10.7. The number of carbonyl (C=O) groups is 2. The molecule has 70 valence electrons. The number of carboxylic acid groups (broad SMARTS) is 2. The third-order valence-corrected chi connectivity index (χ3v) is 0.553. The van der Waals surface area contributed by atoms with Crippen LogP contribution in [0.1, 0.15) is 12.8 Å². The Balaban J connectivity index is -0.000000175. The second kappa shape index (κ2) is 16.5. The molecule has 0 aliphatic rings. The Kier molecular flexibility index (Phi) is 23.6. The van der Waals surface area contributed by atoms with Gasteiger partial charge in [0.1, 0.15) is 0 Å². The zero-order valence-corrected chi connectivity index (χ0v) is 7.57. The quantitative estimate of drug-likeness (QED) is 0.541. The Bertz CT molecular complexity index is 127. The molecular formula is C4H8N2O4S2. The van der Waals surface area contributed by atoms with Gasteiger partial charge in [-0.05, 0) is 0 Å². The predicted octanol–water partition coefficient (Wildman–Crippen LogP) is 0.527. The molecule has 0 heterocycles. The lowest BCUT2D eigenvalue weighted by molar-refractivity contribution is -0.143. The van der Waals surface area contributed by atoms with E-state index in [-0.39, 0.29) is 12.8 Å². The Labute approximate surface area is 79.5 Å². The Morgan fingerprint density at radius 1 is 0.917 bits per heavy atom.